The Morgan fingerprint density at radius 3 is 3.06 bits per heavy atom. The van der Waals surface area contributed by atoms with Crippen LogP contribution < -0.4 is 5.73 Å². The molecule has 3 N–H and O–H groups in total. The lowest BCUT2D eigenvalue weighted by atomic mass is 10.1. The van der Waals surface area contributed by atoms with Crippen LogP contribution in [0.15, 0.2) is 18.2 Å². The number of nitrogens with zero attached hydrogens (tertiary/aromatic N) is 1. The van der Waals surface area contributed by atoms with Gasteiger partial charge in [0, 0.05) is 29.7 Å². The fourth-order valence-corrected chi connectivity index (χ4v) is 2.35. The summed E-state index contributed by atoms with van der Waals surface area (Å²) < 4.78 is 0. The summed E-state index contributed by atoms with van der Waals surface area (Å²) in [6.45, 7) is 2.66. The largest absolute Gasteiger partial charge is 0.508 e. The average Bonchev–Trinajstić information content (AvgIpc) is 2.24. The van der Waals surface area contributed by atoms with Crippen LogP contribution in [0.4, 0.5) is 0 Å². The van der Waals surface area contributed by atoms with Crippen LogP contribution >= 0.6 is 11.6 Å². The molecular formula is C12H17ClN2O. The number of piperidine rings is 1. The summed E-state index contributed by atoms with van der Waals surface area (Å²) in [6.07, 6.45) is 2.22. The van der Waals surface area contributed by atoms with E-state index in [2.05, 4.69) is 4.90 Å². The quantitative estimate of drug-likeness (QED) is 0.831. The number of hydrogen-bond acceptors (Lipinski definition) is 3. The Bertz CT molecular complexity index is 370. The van der Waals surface area contributed by atoms with E-state index in [9.17, 15) is 5.11 Å². The number of benzene rings is 1. The first-order valence-corrected chi connectivity index (χ1v) is 5.98. The molecule has 0 aliphatic carbocycles. The number of aromatic hydroxyl groups is 1. The number of phenols is 1. The Balaban J connectivity index is 2.05. The third-order valence-electron chi connectivity index (χ3n) is 2.98. The van der Waals surface area contributed by atoms with E-state index in [1.54, 1.807) is 12.1 Å². The maximum absolute atomic E-state index is 9.71. The van der Waals surface area contributed by atoms with E-state index in [-0.39, 0.29) is 6.04 Å². The van der Waals surface area contributed by atoms with Crippen molar-refractivity contribution in [2.45, 2.75) is 25.4 Å². The predicted molar refractivity (Wildman–Crippen MR) is 65.6 cm³/mol. The Labute approximate surface area is 101 Å². The zero-order valence-electron chi connectivity index (χ0n) is 9.19. The van der Waals surface area contributed by atoms with Gasteiger partial charge in [0.2, 0.25) is 0 Å². The minimum atomic E-state index is 0.259. The third-order valence-corrected chi connectivity index (χ3v) is 3.21. The Kier molecular flexibility index (Phi) is 3.69. The number of rotatable bonds is 2. The van der Waals surface area contributed by atoms with Crippen LogP contribution in [0, 0.1) is 0 Å². The first-order chi connectivity index (χ1) is 7.65. The average molecular weight is 241 g/mol. The molecule has 1 aliphatic heterocycles. The highest BCUT2D eigenvalue weighted by molar-refractivity contribution is 6.30. The summed E-state index contributed by atoms with van der Waals surface area (Å²) in [5.74, 6) is 0.309. The Morgan fingerprint density at radius 1 is 1.50 bits per heavy atom. The number of nitrogens with two attached hydrogens (primary N) is 1. The van der Waals surface area contributed by atoms with Gasteiger partial charge in [-0.05, 0) is 37.6 Å². The topological polar surface area (TPSA) is 49.5 Å². The maximum Gasteiger partial charge on any atom is 0.120 e. The van der Waals surface area contributed by atoms with Crippen molar-refractivity contribution in [2.75, 3.05) is 13.1 Å². The van der Waals surface area contributed by atoms with Crippen LogP contribution in [-0.4, -0.2) is 29.1 Å². The monoisotopic (exact) mass is 240 g/mol. The Hall–Kier alpha value is -0.770. The van der Waals surface area contributed by atoms with E-state index < -0.39 is 0 Å². The van der Waals surface area contributed by atoms with Gasteiger partial charge in [-0.2, -0.15) is 0 Å². The standard InChI is InChI=1S/C12H17ClN2O/c13-10-3-4-12(16)9(6-10)7-15-5-1-2-11(14)8-15/h3-4,6,11,16H,1-2,5,7-8,14H2. The fraction of sp³-hybridized carbons (Fsp3) is 0.500. The van der Waals surface area contributed by atoms with Crippen LogP contribution in [0.2, 0.25) is 5.02 Å². The molecule has 1 unspecified atom stereocenters. The molecule has 0 spiro atoms. The van der Waals surface area contributed by atoms with E-state index in [4.69, 9.17) is 17.3 Å². The Morgan fingerprint density at radius 2 is 2.31 bits per heavy atom. The molecule has 1 aromatic carbocycles. The van der Waals surface area contributed by atoms with Gasteiger partial charge in [-0.3, -0.25) is 4.90 Å². The second-order valence-electron chi connectivity index (χ2n) is 4.41. The van der Waals surface area contributed by atoms with E-state index in [1.165, 1.54) is 0 Å². The summed E-state index contributed by atoms with van der Waals surface area (Å²) in [7, 11) is 0. The van der Waals surface area contributed by atoms with Crippen molar-refractivity contribution in [1.29, 1.82) is 0 Å². The van der Waals surface area contributed by atoms with E-state index in [0.29, 0.717) is 10.8 Å². The lowest BCUT2D eigenvalue weighted by Crippen LogP contribution is -2.42. The highest BCUT2D eigenvalue weighted by atomic mass is 35.5. The smallest absolute Gasteiger partial charge is 0.120 e. The molecule has 0 aromatic heterocycles. The molecule has 1 fully saturated rings. The zero-order chi connectivity index (χ0) is 11.5. The van der Waals surface area contributed by atoms with Gasteiger partial charge < -0.3 is 10.8 Å². The molecule has 0 radical (unpaired) electrons. The maximum atomic E-state index is 9.71. The van der Waals surface area contributed by atoms with Crippen molar-refractivity contribution < 1.29 is 5.11 Å². The highest BCUT2D eigenvalue weighted by Crippen LogP contribution is 2.24. The van der Waals surface area contributed by atoms with E-state index in [0.717, 1.165) is 38.0 Å². The highest BCUT2D eigenvalue weighted by Gasteiger charge is 2.17. The van der Waals surface area contributed by atoms with Crippen molar-refractivity contribution in [3.05, 3.63) is 28.8 Å². The number of likely N-dealkylation sites (tertiary alicyclic amines) is 1. The van der Waals surface area contributed by atoms with Crippen LogP contribution in [0.1, 0.15) is 18.4 Å². The normalized spacial score (nSPS) is 22.2. The number of phenolic OH excluding ortho intramolecular Hbond substituents is 1. The molecule has 16 heavy (non-hydrogen) atoms. The van der Waals surface area contributed by atoms with Gasteiger partial charge in [-0.25, -0.2) is 0 Å². The molecule has 1 atom stereocenters. The minimum Gasteiger partial charge on any atom is -0.508 e. The summed E-state index contributed by atoms with van der Waals surface area (Å²) in [5.41, 5.74) is 6.79. The molecule has 2 rings (SSSR count). The van der Waals surface area contributed by atoms with E-state index in [1.807, 2.05) is 6.07 Å². The van der Waals surface area contributed by atoms with Gasteiger partial charge in [0.25, 0.3) is 0 Å². The van der Waals surface area contributed by atoms with Gasteiger partial charge in [0.15, 0.2) is 0 Å². The van der Waals surface area contributed by atoms with Gasteiger partial charge in [-0.1, -0.05) is 11.6 Å². The molecule has 88 valence electrons. The SMILES string of the molecule is NC1CCCN(Cc2cc(Cl)ccc2O)C1. The van der Waals surface area contributed by atoms with Crippen LogP contribution in [0.5, 0.6) is 5.75 Å². The van der Waals surface area contributed by atoms with Gasteiger partial charge in [0.05, 0.1) is 0 Å². The summed E-state index contributed by atoms with van der Waals surface area (Å²) in [6, 6.07) is 5.41. The van der Waals surface area contributed by atoms with E-state index >= 15 is 0 Å². The lowest BCUT2D eigenvalue weighted by molar-refractivity contribution is 0.199. The molecule has 4 heteroatoms. The number of hydrogen-bond donors (Lipinski definition) is 2. The van der Waals surface area contributed by atoms with Crippen molar-refractivity contribution in [2.24, 2.45) is 5.73 Å². The second kappa shape index (κ2) is 5.04. The van der Waals surface area contributed by atoms with Gasteiger partial charge in [-0.15, -0.1) is 0 Å². The van der Waals surface area contributed by atoms with Crippen molar-refractivity contribution in [3.63, 3.8) is 0 Å². The number of halogens is 1. The van der Waals surface area contributed by atoms with Crippen LogP contribution in [0.3, 0.4) is 0 Å². The third kappa shape index (κ3) is 2.88. The molecule has 1 aromatic rings. The van der Waals surface area contributed by atoms with Gasteiger partial charge >= 0.3 is 0 Å². The lowest BCUT2D eigenvalue weighted by Gasteiger charge is -2.30. The molecule has 3 nitrogen and oxygen atoms in total. The fourth-order valence-electron chi connectivity index (χ4n) is 2.16. The molecule has 0 saturated carbocycles. The van der Waals surface area contributed by atoms with Crippen LogP contribution in [0.25, 0.3) is 0 Å². The molecule has 0 amide bonds. The molecule has 1 saturated heterocycles. The first-order valence-electron chi connectivity index (χ1n) is 5.60. The molecular weight excluding hydrogens is 224 g/mol. The summed E-state index contributed by atoms with van der Waals surface area (Å²) in [5, 5.41) is 10.4. The molecule has 1 heterocycles. The summed E-state index contributed by atoms with van der Waals surface area (Å²) in [4.78, 5) is 2.26. The molecule has 1 aliphatic rings. The second-order valence-corrected chi connectivity index (χ2v) is 4.85. The zero-order valence-corrected chi connectivity index (χ0v) is 9.95. The van der Waals surface area contributed by atoms with Crippen LogP contribution in [-0.2, 0) is 6.54 Å². The molecule has 0 bridgehead atoms. The van der Waals surface area contributed by atoms with Crippen molar-refractivity contribution >= 4 is 11.6 Å². The first kappa shape index (κ1) is 11.7. The summed E-state index contributed by atoms with van der Waals surface area (Å²) >= 11 is 5.91. The van der Waals surface area contributed by atoms with Crippen molar-refractivity contribution in [1.82, 2.24) is 4.90 Å². The minimum absolute atomic E-state index is 0.259. The van der Waals surface area contributed by atoms with Gasteiger partial charge in [0.1, 0.15) is 5.75 Å². The van der Waals surface area contributed by atoms with Crippen molar-refractivity contribution in [3.8, 4) is 5.75 Å². The predicted octanol–water partition coefficient (Wildman–Crippen LogP) is 1.97.